The van der Waals surface area contributed by atoms with Gasteiger partial charge in [0.2, 0.25) is 0 Å². The Kier molecular flexibility index (Phi) is 8.21. The molecule has 0 saturated carbocycles. The minimum atomic E-state index is -0.817. The molecule has 0 saturated heterocycles. The summed E-state index contributed by atoms with van der Waals surface area (Å²) >= 11 is 0. The highest BCUT2D eigenvalue weighted by Gasteiger charge is 2.28. The maximum Gasteiger partial charge on any atom is 0.316 e. The first-order valence-corrected chi connectivity index (χ1v) is 10.8. The SMILES string of the molecule is CN(Cc1ccccc1)CC(O)c1ccc(OC(=O)C(C)(C)C)c(OC(=O)C(C)(C)C)c1. The quantitative estimate of drug-likeness (QED) is 0.493. The van der Waals surface area contributed by atoms with Crippen molar-refractivity contribution >= 4 is 11.9 Å². The van der Waals surface area contributed by atoms with E-state index < -0.39 is 28.9 Å². The highest BCUT2D eigenvalue weighted by molar-refractivity contribution is 5.81. The Bertz CT molecular complexity index is 925. The van der Waals surface area contributed by atoms with Gasteiger partial charge < -0.3 is 14.6 Å². The third-order valence-electron chi connectivity index (χ3n) is 4.76. The molecule has 0 radical (unpaired) electrons. The van der Waals surface area contributed by atoms with E-state index in [0.29, 0.717) is 18.7 Å². The second-order valence-electron chi connectivity index (χ2n) is 10.2. The second kappa shape index (κ2) is 10.3. The molecule has 0 aromatic heterocycles. The molecule has 32 heavy (non-hydrogen) atoms. The van der Waals surface area contributed by atoms with Crippen LogP contribution in [0.15, 0.2) is 48.5 Å². The van der Waals surface area contributed by atoms with E-state index in [1.54, 1.807) is 59.7 Å². The van der Waals surface area contributed by atoms with Gasteiger partial charge in [0.05, 0.1) is 16.9 Å². The number of nitrogens with zero attached hydrogens (tertiary/aromatic N) is 1. The van der Waals surface area contributed by atoms with Crippen LogP contribution in [0.3, 0.4) is 0 Å². The van der Waals surface area contributed by atoms with E-state index in [0.717, 1.165) is 5.56 Å². The van der Waals surface area contributed by atoms with Crippen LogP contribution in [0.4, 0.5) is 0 Å². The van der Waals surface area contributed by atoms with Crippen molar-refractivity contribution in [2.75, 3.05) is 13.6 Å². The number of ether oxygens (including phenoxy) is 2. The van der Waals surface area contributed by atoms with Gasteiger partial charge in [0.1, 0.15) is 0 Å². The number of esters is 2. The zero-order chi connectivity index (χ0) is 24.1. The maximum absolute atomic E-state index is 12.5. The predicted molar refractivity (Wildman–Crippen MR) is 124 cm³/mol. The van der Waals surface area contributed by atoms with Gasteiger partial charge in [-0.25, -0.2) is 0 Å². The van der Waals surface area contributed by atoms with E-state index in [9.17, 15) is 14.7 Å². The predicted octanol–water partition coefficient (Wildman–Crippen LogP) is 4.76. The van der Waals surface area contributed by atoms with Crippen LogP contribution >= 0.6 is 0 Å². The summed E-state index contributed by atoms with van der Waals surface area (Å²) in [4.78, 5) is 26.9. The minimum Gasteiger partial charge on any atom is -0.422 e. The van der Waals surface area contributed by atoms with Crippen LogP contribution in [0, 0.1) is 10.8 Å². The maximum atomic E-state index is 12.5. The standard InChI is InChI=1S/C26H35NO5/c1-25(2,3)23(29)31-21-14-13-19(15-22(21)32-24(30)26(4,5)6)20(28)17-27(7)16-18-11-9-8-10-12-18/h8-15,20,28H,16-17H2,1-7H3. The molecule has 2 aromatic rings. The van der Waals surface area contributed by atoms with Gasteiger partial charge in [-0.15, -0.1) is 0 Å². The van der Waals surface area contributed by atoms with Gasteiger partial charge >= 0.3 is 11.9 Å². The zero-order valence-electron chi connectivity index (χ0n) is 20.1. The first-order valence-electron chi connectivity index (χ1n) is 10.8. The molecule has 0 amide bonds. The Morgan fingerprint density at radius 2 is 1.41 bits per heavy atom. The van der Waals surface area contributed by atoms with E-state index in [1.165, 1.54) is 0 Å². The summed E-state index contributed by atoms with van der Waals surface area (Å²) in [7, 11) is 1.93. The number of benzene rings is 2. The number of likely N-dealkylation sites (N-methyl/N-ethyl adjacent to an activating group) is 1. The Hall–Kier alpha value is -2.70. The summed E-state index contributed by atoms with van der Waals surface area (Å²) in [5.74, 6) is -0.638. The van der Waals surface area contributed by atoms with Crippen LogP contribution in [-0.2, 0) is 16.1 Å². The van der Waals surface area contributed by atoms with E-state index in [1.807, 2.05) is 42.3 Å². The van der Waals surface area contributed by atoms with Crippen LogP contribution in [0.2, 0.25) is 0 Å². The molecule has 2 aromatic carbocycles. The van der Waals surface area contributed by atoms with E-state index in [4.69, 9.17) is 9.47 Å². The number of carbonyl (C=O) groups excluding carboxylic acids is 2. The Morgan fingerprint density at radius 1 is 0.875 bits per heavy atom. The molecule has 0 bridgehead atoms. The number of hydrogen-bond donors (Lipinski definition) is 1. The molecule has 6 heteroatoms. The fourth-order valence-corrected chi connectivity index (χ4v) is 2.76. The molecule has 0 heterocycles. The number of carbonyl (C=O) groups is 2. The van der Waals surface area contributed by atoms with Crippen molar-refractivity contribution < 1.29 is 24.2 Å². The van der Waals surface area contributed by atoms with Gasteiger partial charge in [-0.2, -0.15) is 0 Å². The van der Waals surface area contributed by atoms with Crippen molar-refractivity contribution in [1.29, 1.82) is 0 Å². The van der Waals surface area contributed by atoms with Gasteiger partial charge in [0.25, 0.3) is 0 Å². The summed E-state index contributed by atoms with van der Waals surface area (Å²) in [6, 6.07) is 14.8. The van der Waals surface area contributed by atoms with Gasteiger partial charge in [-0.3, -0.25) is 14.5 Å². The van der Waals surface area contributed by atoms with Gasteiger partial charge in [-0.05, 0) is 71.8 Å². The van der Waals surface area contributed by atoms with Gasteiger partial charge in [-0.1, -0.05) is 36.4 Å². The monoisotopic (exact) mass is 441 g/mol. The molecule has 0 spiro atoms. The molecule has 174 valence electrons. The molecule has 0 aliphatic heterocycles. The molecule has 1 N–H and O–H groups in total. The fourth-order valence-electron chi connectivity index (χ4n) is 2.76. The lowest BCUT2D eigenvalue weighted by atomic mass is 9.97. The van der Waals surface area contributed by atoms with Gasteiger partial charge in [0, 0.05) is 13.1 Å². The smallest absolute Gasteiger partial charge is 0.316 e. The fraction of sp³-hybridized carbons (Fsp3) is 0.462. The van der Waals surface area contributed by atoms with Crippen molar-refractivity contribution in [3.63, 3.8) is 0 Å². The first kappa shape index (κ1) is 25.6. The Labute approximate surface area is 191 Å². The van der Waals surface area contributed by atoms with Crippen molar-refractivity contribution in [2.24, 2.45) is 10.8 Å². The van der Waals surface area contributed by atoms with E-state index in [-0.39, 0.29) is 11.5 Å². The zero-order valence-corrected chi connectivity index (χ0v) is 20.1. The average Bonchev–Trinajstić information content (AvgIpc) is 2.68. The molecule has 1 unspecified atom stereocenters. The van der Waals surface area contributed by atoms with Crippen LogP contribution in [0.1, 0.15) is 58.8 Å². The summed E-state index contributed by atoms with van der Waals surface area (Å²) in [5, 5.41) is 10.8. The Balaban J connectivity index is 2.24. The number of aliphatic hydroxyl groups is 1. The first-order chi connectivity index (χ1) is 14.8. The molecule has 0 aliphatic carbocycles. The third-order valence-corrected chi connectivity index (χ3v) is 4.76. The highest BCUT2D eigenvalue weighted by atomic mass is 16.6. The summed E-state index contributed by atoms with van der Waals surface area (Å²) in [6.45, 7) is 11.5. The minimum absolute atomic E-state index is 0.116. The second-order valence-corrected chi connectivity index (χ2v) is 10.2. The van der Waals surface area contributed by atoms with Crippen molar-refractivity contribution in [3.05, 3.63) is 59.7 Å². The molecular formula is C26H35NO5. The van der Waals surface area contributed by atoms with Crippen LogP contribution in [-0.4, -0.2) is 35.5 Å². The van der Waals surface area contributed by atoms with Crippen LogP contribution in [0.25, 0.3) is 0 Å². The molecule has 6 nitrogen and oxygen atoms in total. The topological polar surface area (TPSA) is 76.1 Å². The Morgan fingerprint density at radius 3 is 1.94 bits per heavy atom. The third kappa shape index (κ3) is 7.46. The van der Waals surface area contributed by atoms with Crippen molar-refractivity contribution in [3.8, 4) is 11.5 Å². The molecular weight excluding hydrogens is 406 g/mol. The van der Waals surface area contributed by atoms with Crippen LogP contribution in [0.5, 0.6) is 11.5 Å². The molecule has 0 fully saturated rings. The number of aliphatic hydroxyl groups excluding tert-OH is 1. The van der Waals surface area contributed by atoms with Gasteiger partial charge in [0.15, 0.2) is 11.5 Å². The lowest BCUT2D eigenvalue weighted by Gasteiger charge is -2.23. The highest BCUT2D eigenvalue weighted by Crippen LogP contribution is 2.34. The largest absolute Gasteiger partial charge is 0.422 e. The molecule has 1 atom stereocenters. The number of rotatable bonds is 7. The lowest BCUT2D eigenvalue weighted by Crippen LogP contribution is -2.28. The molecule has 0 aliphatic rings. The number of hydrogen-bond acceptors (Lipinski definition) is 6. The van der Waals surface area contributed by atoms with E-state index in [2.05, 4.69) is 0 Å². The van der Waals surface area contributed by atoms with E-state index >= 15 is 0 Å². The molecule has 2 rings (SSSR count). The summed E-state index contributed by atoms with van der Waals surface area (Å²) in [6.07, 6.45) is -0.817. The average molecular weight is 442 g/mol. The normalized spacial score (nSPS) is 13.0. The summed E-state index contributed by atoms with van der Waals surface area (Å²) < 4.78 is 11.1. The van der Waals surface area contributed by atoms with Crippen molar-refractivity contribution in [2.45, 2.75) is 54.2 Å². The summed E-state index contributed by atoms with van der Waals surface area (Å²) in [5.41, 5.74) is 0.253. The van der Waals surface area contributed by atoms with Crippen molar-refractivity contribution in [1.82, 2.24) is 4.90 Å². The lowest BCUT2D eigenvalue weighted by molar-refractivity contribution is -0.145. The van der Waals surface area contributed by atoms with Crippen LogP contribution < -0.4 is 9.47 Å².